The number of hydrogen-bond donors (Lipinski definition) is 2. The van der Waals surface area contributed by atoms with Crippen LogP contribution < -0.4 is 10.1 Å². The first-order valence-electron chi connectivity index (χ1n) is 7.27. The fraction of sp³-hybridized carbons (Fsp3) is 0.471. The molecule has 1 rings (SSSR count). The molecule has 4 heteroatoms. The van der Waals surface area contributed by atoms with E-state index < -0.39 is 0 Å². The van der Waals surface area contributed by atoms with E-state index in [4.69, 9.17) is 9.84 Å². The quantitative estimate of drug-likeness (QED) is 0.724. The van der Waals surface area contributed by atoms with Gasteiger partial charge in [-0.25, -0.2) is 0 Å². The van der Waals surface area contributed by atoms with E-state index in [2.05, 4.69) is 5.32 Å². The number of hydrogen-bond acceptors (Lipinski definition) is 3. The van der Waals surface area contributed by atoms with Gasteiger partial charge in [-0.2, -0.15) is 0 Å². The second kappa shape index (κ2) is 8.47. The number of ether oxygens (including phenoxy) is 1. The Morgan fingerprint density at radius 1 is 1.38 bits per heavy atom. The van der Waals surface area contributed by atoms with Gasteiger partial charge in [0.1, 0.15) is 5.75 Å². The number of aliphatic hydroxyl groups excluding tert-OH is 1. The number of para-hydroxylation sites is 1. The van der Waals surface area contributed by atoms with Crippen molar-refractivity contribution >= 4 is 12.0 Å². The van der Waals surface area contributed by atoms with Crippen molar-refractivity contribution in [2.75, 3.05) is 19.8 Å². The third-order valence-electron chi connectivity index (χ3n) is 3.16. The van der Waals surface area contributed by atoms with E-state index in [0.717, 1.165) is 11.3 Å². The maximum atomic E-state index is 11.8. The molecular formula is C17H25NO3. The molecule has 1 aromatic carbocycles. The smallest absolute Gasteiger partial charge is 0.244 e. The summed E-state index contributed by atoms with van der Waals surface area (Å²) < 4.78 is 5.50. The van der Waals surface area contributed by atoms with Crippen LogP contribution in [0.4, 0.5) is 0 Å². The Bertz CT molecular complexity index is 481. The summed E-state index contributed by atoms with van der Waals surface area (Å²) in [5.74, 6) is 0.622. The second-order valence-corrected chi connectivity index (χ2v) is 5.66. The predicted octanol–water partition coefficient (Wildman–Crippen LogP) is 2.62. The predicted molar refractivity (Wildman–Crippen MR) is 85.1 cm³/mol. The van der Waals surface area contributed by atoms with Crippen molar-refractivity contribution in [1.29, 1.82) is 0 Å². The van der Waals surface area contributed by atoms with Gasteiger partial charge in [0.2, 0.25) is 5.91 Å². The minimum Gasteiger partial charge on any atom is -0.493 e. The number of rotatable bonds is 8. The fourth-order valence-electron chi connectivity index (χ4n) is 1.85. The number of amides is 1. The van der Waals surface area contributed by atoms with Crippen LogP contribution >= 0.6 is 0 Å². The van der Waals surface area contributed by atoms with E-state index in [1.54, 1.807) is 6.08 Å². The van der Waals surface area contributed by atoms with Crippen LogP contribution in [0.25, 0.3) is 6.08 Å². The molecule has 0 unspecified atom stereocenters. The van der Waals surface area contributed by atoms with Crippen molar-refractivity contribution in [3.05, 3.63) is 35.9 Å². The summed E-state index contributed by atoms with van der Waals surface area (Å²) in [7, 11) is 0. The van der Waals surface area contributed by atoms with Crippen molar-refractivity contribution < 1.29 is 14.6 Å². The molecule has 0 radical (unpaired) electrons. The van der Waals surface area contributed by atoms with Crippen LogP contribution in [0.1, 0.15) is 32.8 Å². The maximum Gasteiger partial charge on any atom is 0.244 e. The summed E-state index contributed by atoms with van der Waals surface area (Å²) in [6.45, 7) is 7.20. The molecule has 0 saturated carbocycles. The Morgan fingerprint density at radius 3 is 2.76 bits per heavy atom. The van der Waals surface area contributed by atoms with Gasteiger partial charge in [0.25, 0.3) is 0 Å². The lowest BCUT2D eigenvalue weighted by Crippen LogP contribution is -2.33. The second-order valence-electron chi connectivity index (χ2n) is 5.66. The molecule has 1 amide bonds. The molecule has 0 aliphatic rings. The Morgan fingerprint density at radius 2 is 2.10 bits per heavy atom. The summed E-state index contributed by atoms with van der Waals surface area (Å²) in [5, 5.41) is 11.8. The van der Waals surface area contributed by atoms with Gasteiger partial charge in [0.15, 0.2) is 0 Å². The van der Waals surface area contributed by atoms with E-state index in [0.29, 0.717) is 19.6 Å². The first-order chi connectivity index (χ1) is 9.98. The molecule has 0 spiro atoms. The van der Waals surface area contributed by atoms with Gasteiger partial charge in [-0.1, -0.05) is 32.0 Å². The lowest BCUT2D eigenvalue weighted by atomic mass is 9.90. The van der Waals surface area contributed by atoms with Gasteiger partial charge < -0.3 is 15.2 Å². The number of benzene rings is 1. The summed E-state index contributed by atoms with van der Waals surface area (Å²) in [6.07, 6.45) is 3.91. The third kappa shape index (κ3) is 6.45. The monoisotopic (exact) mass is 291 g/mol. The molecule has 0 aromatic heterocycles. The molecule has 1 aromatic rings. The molecule has 0 bridgehead atoms. The lowest BCUT2D eigenvalue weighted by Gasteiger charge is -2.23. The van der Waals surface area contributed by atoms with Crippen LogP contribution in [0.15, 0.2) is 30.3 Å². The van der Waals surface area contributed by atoms with Crippen LogP contribution in [-0.2, 0) is 4.79 Å². The summed E-state index contributed by atoms with van der Waals surface area (Å²) in [4.78, 5) is 11.8. The molecule has 116 valence electrons. The standard InChI is InChI=1S/C17H25NO3/c1-4-21-15-8-6-5-7-14(15)9-10-16(20)18-13-17(2,3)11-12-19/h5-10,19H,4,11-13H2,1-3H3,(H,18,20)/b10-9+. The molecule has 0 fully saturated rings. The SMILES string of the molecule is CCOc1ccccc1/C=C/C(=O)NCC(C)(C)CCO. The van der Waals surface area contributed by atoms with Crippen molar-refractivity contribution in [3.63, 3.8) is 0 Å². The highest BCUT2D eigenvalue weighted by Gasteiger charge is 2.17. The van der Waals surface area contributed by atoms with E-state index in [1.165, 1.54) is 6.08 Å². The summed E-state index contributed by atoms with van der Waals surface area (Å²) in [5.41, 5.74) is 0.769. The van der Waals surface area contributed by atoms with Gasteiger partial charge >= 0.3 is 0 Å². The maximum absolute atomic E-state index is 11.8. The molecule has 0 aliphatic carbocycles. The Hall–Kier alpha value is -1.81. The van der Waals surface area contributed by atoms with E-state index in [1.807, 2.05) is 45.0 Å². The molecule has 0 aliphatic heterocycles. The molecule has 2 N–H and O–H groups in total. The first kappa shape index (κ1) is 17.2. The van der Waals surface area contributed by atoms with Gasteiger partial charge in [-0.05, 0) is 30.9 Å². The molecular weight excluding hydrogens is 266 g/mol. The fourth-order valence-corrected chi connectivity index (χ4v) is 1.85. The Kier molecular flexibility index (Phi) is 6.96. The Balaban J connectivity index is 2.58. The van der Waals surface area contributed by atoms with Crippen LogP contribution in [0.5, 0.6) is 5.75 Å². The van der Waals surface area contributed by atoms with Crippen LogP contribution in [-0.4, -0.2) is 30.8 Å². The molecule has 0 heterocycles. The summed E-state index contributed by atoms with van der Waals surface area (Å²) in [6, 6.07) is 7.60. The topological polar surface area (TPSA) is 58.6 Å². The first-order valence-corrected chi connectivity index (χ1v) is 7.27. The molecule has 4 nitrogen and oxygen atoms in total. The van der Waals surface area contributed by atoms with E-state index in [-0.39, 0.29) is 17.9 Å². The van der Waals surface area contributed by atoms with Crippen LogP contribution in [0.2, 0.25) is 0 Å². The zero-order chi connectivity index (χ0) is 15.7. The average molecular weight is 291 g/mol. The molecule has 21 heavy (non-hydrogen) atoms. The van der Waals surface area contributed by atoms with Gasteiger partial charge in [-0.3, -0.25) is 4.79 Å². The number of carbonyl (C=O) groups excluding carboxylic acids is 1. The number of aliphatic hydroxyl groups is 1. The van der Waals surface area contributed by atoms with E-state index in [9.17, 15) is 4.79 Å². The minimum atomic E-state index is -0.146. The van der Waals surface area contributed by atoms with Gasteiger partial charge in [0, 0.05) is 24.8 Å². The molecule has 0 saturated heterocycles. The van der Waals surface area contributed by atoms with Crippen LogP contribution in [0, 0.1) is 5.41 Å². The zero-order valence-electron chi connectivity index (χ0n) is 13.1. The lowest BCUT2D eigenvalue weighted by molar-refractivity contribution is -0.116. The summed E-state index contributed by atoms with van der Waals surface area (Å²) >= 11 is 0. The van der Waals surface area contributed by atoms with Gasteiger partial charge in [-0.15, -0.1) is 0 Å². The third-order valence-corrected chi connectivity index (χ3v) is 3.16. The number of nitrogens with one attached hydrogen (secondary N) is 1. The minimum absolute atomic E-state index is 0.110. The largest absolute Gasteiger partial charge is 0.493 e. The average Bonchev–Trinajstić information content (AvgIpc) is 2.44. The van der Waals surface area contributed by atoms with E-state index >= 15 is 0 Å². The van der Waals surface area contributed by atoms with Crippen molar-refractivity contribution in [2.24, 2.45) is 5.41 Å². The number of carbonyl (C=O) groups is 1. The Labute approximate surface area is 126 Å². The normalized spacial score (nSPS) is 11.6. The van der Waals surface area contributed by atoms with Crippen LogP contribution in [0.3, 0.4) is 0 Å². The zero-order valence-corrected chi connectivity index (χ0v) is 13.1. The van der Waals surface area contributed by atoms with Crippen molar-refractivity contribution in [1.82, 2.24) is 5.32 Å². The van der Waals surface area contributed by atoms with Crippen molar-refractivity contribution in [3.8, 4) is 5.75 Å². The highest BCUT2D eigenvalue weighted by molar-refractivity contribution is 5.92. The molecule has 0 atom stereocenters. The highest BCUT2D eigenvalue weighted by atomic mass is 16.5. The van der Waals surface area contributed by atoms with Crippen molar-refractivity contribution in [2.45, 2.75) is 27.2 Å². The van der Waals surface area contributed by atoms with Gasteiger partial charge in [0.05, 0.1) is 6.61 Å². The highest BCUT2D eigenvalue weighted by Crippen LogP contribution is 2.20.